The highest BCUT2D eigenvalue weighted by atomic mass is 16.2. The highest BCUT2D eigenvalue weighted by Gasteiger charge is 2.34. The Morgan fingerprint density at radius 2 is 1.65 bits per heavy atom. The first kappa shape index (κ1) is 17.0. The zero-order valence-electron chi connectivity index (χ0n) is 13.8. The molecule has 0 fully saturated rings. The molecule has 2 rings (SSSR count). The summed E-state index contributed by atoms with van der Waals surface area (Å²) in [5, 5.41) is 0. The molecule has 2 aromatic rings. The van der Waals surface area contributed by atoms with E-state index >= 15 is 0 Å². The van der Waals surface area contributed by atoms with Crippen LogP contribution in [-0.4, -0.2) is 5.91 Å². The summed E-state index contributed by atoms with van der Waals surface area (Å²) in [6.45, 7) is 8.16. The number of carbonyl (C=O) groups excluding carboxylic acids is 1. The van der Waals surface area contributed by atoms with Gasteiger partial charge in [0.1, 0.15) is 0 Å². The van der Waals surface area contributed by atoms with E-state index in [9.17, 15) is 4.79 Å². The quantitative estimate of drug-likeness (QED) is 0.598. The van der Waals surface area contributed by atoms with E-state index in [0.717, 1.165) is 5.56 Å². The summed E-state index contributed by atoms with van der Waals surface area (Å²) >= 11 is 0. The molecule has 2 aromatic carbocycles. The van der Waals surface area contributed by atoms with Crippen LogP contribution >= 0.6 is 0 Å². The standard InChI is InChI=1S/C20H24N2O/c1-4-15-20(16(2)3,18-13-9-6-10-14-18)22-21-19(23)17-11-7-5-8-12-17/h4-14,16,22H,1,15H2,2-3H3,(H,21,23)/t20-/m1/s1. The third-order valence-corrected chi connectivity index (χ3v) is 4.18. The SMILES string of the molecule is C=CC[C@](NNC(=O)c1ccccc1)(c1ccccc1)C(C)C. The Kier molecular flexibility index (Phi) is 5.72. The van der Waals surface area contributed by atoms with Crippen molar-refractivity contribution in [1.29, 1.82) is 0 Å². The largest absolute Gasteiger partial charge is 0.287 e. The number of amides is 1. The number of rotatable bonds is 7. The summed E-state index contributed by atoms with van der Waals surface area (Å²) in [5.74, 6) is 0.120. The summed E-state index contributed by atoms with van der Waals surface area (Å²) in [5.41, 5.74) is 7.51. The minimum atomic E-state index is -0.395. The normalized spacial score (nSPS) is 13.3. The van der Waals surface area contributed by atoms with E-state index in [0.29, 0.717) is 12.0 Å². The number of nitrogens with one attached hydrogen (secondary N) is 2. The first-order valence-electron chi connectivity index (χ1n) is 7.89. The summed E-state index contributed by atoms with van der Waals surface area (Å²) in [4.78, 5) is 12.4. The van der Waals surface area contributed by atoms with Crippen LogP contribution in [0.15, 0.2) is 73.3 Å². The number of hydrogen-bond donors (Lipinski definition) is 2. The minimum absolute atomic E-state index is 0.143. The van der Waals surface area contributed by atoms with Gasteiger partial charge in [0.15, 0.2) is 0 Å². The molecule has 0 aliphatic carbocycles. The molecule has 120 valence electrons. The Morgan fingerprint density at radius 3 is 2.17 bits per heavy atom. The second-order valence-corrected chi connectivity index (χ2v) is 5.93. The van der Waals surface area contributed by atoms with Crippen LogP contribution in [0.3, 0.4) is 0 Å². The Bertz CT molecular complexity index is 637. The van der Waals surface area contributed by atoms with Gasteiger partial charge < -0.3 is 0 Å². The average Bonchev–Trinajstić information content (AvgIpc) is 2.59. The van der Waals surface area contributed by atoms with Crippen LogP contribution in [0.25, 0.3) is 0 Å². The van der Waals surface area contributed by atoms with E-state index in [1.54, 1.807) is 12.1 Å². The first-order valence-corrected chi connectivity index (χ1v) is 7.89. The van der Waals surface area contributed by atoms with Crippen molar-refractivity contribution in [1.82, 2.24) is 10.9 Å². The molecule has 0 aliphatic rings. The monoisotopic (exact) mass is 308 g/mol. The lowest BCUT2D eigenvalue weighted by atomic mass is 9.78. The summed E-state index contributed by atoms with van der Waals surface area (Å²) in [6.07, 6.45) is 2.60. The Balaban J connectivity index is 2.25. The maximum atomic E-state index is 12.4. The third-order valence-electron chi connectivity index (χ3n) is 4.18. The predicted molar refractivity (Wildman–Crippen MR) is 94.8 cm³/mol. The van der Waals surface area contributed by atoms with Gasteiger partial charge in [0.05, 0.1) is 5.54 Å². The molecule has 0 radical (unpaired) electrons. The highest BCUT2D eigenvalue weighted by molar-refractivity contribution is 5.93. The van der Waals surface area contributed by atoms with E-state index in [1.165, 1.54) is 0 Å². The molecule has 1 amide bonds. The van der Waals surface area contributed by atoms with Gasteiger partial charge in [-0.25, -0.2) is 5.43 Å². The van der Waals surface area contributed by atoms with Crippen molar-refractivity contribution in [3.8, 4) is 0 Å². The lowest BCUT2D eigenvalue weighted by molar-refractivity contribution is 0.0880. The van der Waals surface area contributed by atoms with Crippen molar-refractivity contribution in [3.63, 3.8) is 0 Å². The predicted octanol–water partition coefficient (Wildman–Crippen LogP) is 4.05. The molecule has 0 heterocycles. The number of carbonyl (C=O) groups is 1. The van der Waals surface area contributed by atoms with Crippen LogP contribution in [0.1, 0.15) is 36.2 Å². The Labute approximate surface area is 138 Å². The van der Waals surface area contributed by atoms with Gasteiger partial charge in [-0.3, -0.25) is 10.2 Å². The van der Waals surface area contributed by atoms with Gasteiger partial charge in [-0.1, -0.05) is 68.5 Å². The number of hydrazine groups is 1. The van der Waals surface area contributed by atoms with Crippen molar-refractivity contribution < 1.29 is 4.79 Å². The average molecular weight is 308 g/mol. The summed E-state index contributed by atoms with van der Waals surface area (Å²) in [6, 6.07) is 19.4. The van der Waals surface area contributed by atoms with Crippen LogP contribution < -0.4 is 10.9 Å². The molecular formula is C20H24N2O. The number of hydrogen-bond acceptors (Lipinski definition) is 2. The van der Waals surface area contributed by atoms with Crippen LogP contribution in [0.5, 0.6) is 0 Å². The van der Waals surface area contributed by atoms with E-state index in [4.69, 9.17) is 0 Å². The zero-order valence-corrected chi connectivity index (χ0v) is 13.8. The van der Waals surface area contributed by atoms with Gasteiger partial charge in [0, 0.05) is 5.56 Å². The van der Waals surface area contributed by atoms with Crippen molar-refractivity contribution >= 4 is 5.91 Å². The van der Waals surface area contributed by atoms with Gasteiger partial charge >= 0.3 is 0 Å². The topological polar surface area (TPSA) is 41.1 Å². The molecule has 23 heavy (non-hydrogen) atoms. The van der Waals surface area contributed by atoms with Gasteiger partial charge in [-0.05, 0) is 30.0 Å². The fourth-order valence-corrected chi connectivity index (χ4v) is 2.75. The van der Waals surface area contributed by atoms with Gasteiger partial charge in [-0.15, -0.1) is 6.58 Å². The van der Waals surface area contributed by atoms with E-state index in [1.807, 2.05) is 42.5 Å². The molecule has 0 bridgehead atoms. The van der Waals surface area contributed by atoms with Crippen molar-refractivity contribution in [2.75, 3.05) is 0 Å². The van der Waals surface area contributed by atoms with Crippen LogP contribution in [-0.2, 0) is 5.54 Å². The molecule has 0 saturated heterocycles. The number of benzene rings is 2. The lowest BCUT2D eigenvalue weighted by Gasteiger charge is -2.38. The van der Waals surface area contributed by atoms with E-state index in [-0.39, 0.29) is 11.8 Å². The molecule has 0 spiro atoms. The maximum absolute atomic E-state index is 12.4. The molecule has 0 aromatic heterocycles. The zero-order chi connectivity index (χ0) is 16.7. The molecule has 2 N–H and O–H groups in total. The lowest BCUT2D eigenvalue weighted by Crippen LogP contribution is -2.54. The molecule has 0 aliphatic heterocycles. The molecule has 1 atom stereocenters. The molecule has 0 saturated carbocycles. The minimum Gasteiger partial charge on any atom is -0.287 e. The van der Waals surface area contributed by atoms with E-state index in [2.05, 4.69) is 43.4 Å². The van der Waals surface area contributed by atoms with Crippen molar-refractivity contribution in [3.05, 3.63) is 84.4 Å². The van der Waals surface area contributed by atoms with Crippen LogP contribution in [0, 0.1) is 5.92 Å². The Morgan fingerprint density at radius 1 is 1.09 bits per heavy atom. The van der Waals surface area contributed by atoms with E-state index < -0.39 is 5.54 Å². The Hall–Kier alpha value is -2.39. The second-order valence-electron chi connectivity index (χ2n) is 5.93. The fourth-order valence-electron chi connectivity index (χ4n) is 2.75. The van der Waals surface area contributed by atoms with Gasteiger partial charge in [-0.2, -0.15) is 0 Å². The van der Waals surface area contributed by atoms with Crippen LogP contribution in [0.4, 0.5) is 0 Å². The smallest absolute Gasteiger partial charge is 0.265 e. The molecule has 0 unspecified atom stereocenters. The summed E-state index contributed by atoms with van der Waals surface area (Å²) in [7, 11) is 0. The summed E-state index contributed by atoms with van der Waals surface area (Å²) < 4.78 is 0. The fraction of sp³-hybridized carbons (Fsp3) is 0.250. The van der Waals surface area contributed by atoms with Crippen molar-refractivity contribution in [2.45, 2.75) is 25.8 Å². The second kappa shape index (κ2) is 7.75. The maximum Gasteiger partial charge on any atom is 0.265 e. The third kappa shape index (κ3) is 3.88. The molecular weight excluding hydrogens is 284 g/mol. The van der Waals surface area contributed by atoms with Gasteiger partial charge in [0.25, 0.3) is 5.91 Å². The van der Waals surface area contributed by atoms with Crippen LogP contribution in [0.2, 0.25) is 0 Å². The van der Waals surface area contributed by atoms with Crippen molar-refractivity contribution in [2.24, 2.45) is 5.92 Å². The first-order chi connectivity index (χ1) is 11.1. The van der Waals surface area contributed by atoms with Gasteiger partial charge in [0.2, 0.25) is 0 Å². The molecule has 3 heteroatoms. The highest BCUT2D eigenvalue weighted by Crippen LogP contribution is 2.33. The molecule has 3 nitrogen and oxygen atoms in total.